The van der Waals surface area contributed by atoms with Gasteiger partial charge in [-0.15, -0.1) is 0 Å². The van der Waals surface area contributed by atoms with Gasteiger partial charge < -0.3 is 14.6 Å². The molecule has 1 heterocycles. The summed E-state index contributed by atoms with van der Waals surface area (Å²) in [7, 11) is 0. The van der Waals surface area contributed by atoms with Crippen LogP contribution in [0.3, 0.4) is 0 Å². The fourth-order valence-corrected chi connectivity index (χ4v) is 2.60. The quantitative estimate of drug-likeness (QED) is 0.640. The standard InChI is InChI=1S/C21H23N3O3/c1-3-26-18-13-11-17(12-14-18)22-19(25)5-4-6-20-23-21(24-27-20)16-9-7-15(2)8-10-16/h7-14H,3-6H2,1-2H3,(H,22,25). The van der Waals surface area contributed by atoms with Gasteiger partial charge in [-0.25, -0.2) is 0 Å². The van der Waals surface area contributed by atoms with E-state index in [4.69, 9.17) is 9.26 Å². The molecule has 0 aliphatic heterocycles. The van der Waals surface area contributed by atoms with E-state index in [0.717, 1.165) is 17.0 Å². The van der Waals surface area contributed by atoms with Crippen molar-refractivity contribution < 1.29 is 14.1 Å². The van der Waals surface area contributed by atoms with Gasteiger partial charge in [0.25, 0.3) is 0 Å². The summed E-state index contributed by atoms with van der Waals surface area (Å²) >= 11 is 0. The monoisotopic (exact) mass is 365 g/mol. The maximum Gasteiger partial charge on any atom is 0.226 e. The molecule has 0 bridgehead atoms. The molecule has 0 atom stereocenters. The molecular weight excluding hydrogens is 342 g/mol. The van der Waals surface area contributed by atoms with E-state index < -0.39 is 0 Å². The lowest BCUT2D eigenvalue weighted by Gasteiger charge is -2.06. The average Bonchev–Trinajstić information content (AvgIpc) is 3.13. The maximum absolute atomic E-state index is 12.1. The number of ether oxygens (including phenoxy) is 1. The Balaban J connectivity index is 1.45. The highest BCUT2D eigenvalue weighted by Gasteiger charge is 2.10. The molecule has 3 aromatic rings. The van der Waals surface area contributed by atoms with Crippen LogP contribution in [0, 0.1) is 6.92 Å². The number of benzene rings is 2. The zero-order valence-corrected chi connectivity index (χ0v) is 15.6. The number of carbonyl (C=O) groups excluding carboxylic acids is 1. The van der Waals surface area contributed by atoms with Gasteiger partial charge in [0.2, 0.25) is 17.6 Å². The van der Waals surface area contributed by atoms with Crippen LogP contribution in [0.2, 0.25) is 0 Å². The third-order valence-electron chi connectivity index (χ3n) is 4.02. The molecule has 1 aromatic heterocycles. The van der Waals surface area contributed by atoms with Crippen molar-refractivity contribution in [3.05, 3.63) is 60.0 Å². The third-order valence-corrected chi connectivity index (χ3v) is 4.02. The van der Waals surface area contributed by atoms with Crippen molar-refractivity contribution in [1.29, 1.82) is 0 Å². The van der Waals surface area contributed by atoms with E-state index in [1.54, 1.807) is 0 Å². The fraction of sp³-hybridized carbons (Fsp3) is 0.286. The number of carbonyl (C=O) groups is 1. The van der Waals surface area contributed by atoms with Crippen LogP contribution in [0.25, 0.3) is 11.4 Å². The van der Waals surface area contributed by atoms with Crippen LogP contribution in [0.4, 0.5) is 5.69 Å². The van der Waals surface area contributed by atoms with Crippen LogP contribution >= 0.6 is 0 Å². The highest BCUT2D eigenvalue weighted by Crippen LogP contribution is 2.18. The Morgan fingerprint density at radius 3 is 2.56 bits per heavy atom. The number of anilines is 1. The lowest BCUT2D eigenvalue weighted by atomic mass is 10.1. The molecule has 6 nitrogen and oxygen atoms in total. The van der Waals surface area contributed by atoms with Gasteiger partial charge in [-0.05, 0) is 44.5 Å². The van der Waals surface area contributed by atoms with Gasteiger partial charge >= 0.3 is 0 Å². The summed E-state index contributed by atoms with van der Waals surface area (Å²) in [4.78, 5) is 16.5. The Kier molecular flexibility index (Phi) is 6.20. The number of aryl methyl sites for hydroxylation is 2. The van der Waals surface area contributed by atoms with Gasteiger partial charge in [0.1, 0.15) is 5.75 Å². The normalized spacial score (nSPS) is 10.6. The number of hydrogen-bond donors (Lipinski definition) is 1. The van der Waals surface area contributed by atoms with Crippen LogP contribution in [0.5, 0.6) is 5.75 Å². The van der Waals surface area contributed by atoms with Crippen molar-refractivity contribution in [3.63, 3.8) is 0 Å². The molecule has 2 aromatic carbocycles. The molecule has 0 unspecified atom stereocenters. The minimum absolute atomic E-state index is 0.0440. The predicted molar refractivity (Wildman–Crippen MR) is 104 cm³/mol. The molecule has 3 rings (SSSR count). The SMILES string of the molecule is CCOc1ccc(NC(=O)CCCc2nc(-c3ccc(C)cc3)no2)cc1. The van der Waals surface area contributed by atoms with Crippen LogP contribution in [0.15, 0.2) is 53.1 Å². The molecule has 27 heavy (non-hydrogen) atoms. The number of nitrogens with zero attached hydrogens (tertiary/aromatic N) is 2. The largest absolute Gasteiger partial charge is 0.494 e. The molecule has 0 fully saturated rings. The molecule has 0 saturated carbocycles. The van der Waals surface area contributed by atoms with Crippen LogP contribution in [0.1, 0.15) is 31.2 Å². The van der Waals surface area contributed by atoms with Gasteiger partial charge in [-0.2, -0.15) is 4.98 Å². The van der Waals surface area contributed by atoms with Gasteiger partial charge in [0.15, 0.2) is 0 Å². The van der Waals surface area contributed by atoms with Crippen molar-refractivity contribution in [2.45, 2.75) is 33.1 Å². The number of hydrogen-bond acceptors (Lipinski definition) is 5. The second-order valence-corrected chi connectivity index (χ2v) is 6.24. The van der Waals surface area contributed by atoms with Gasteiger partial charge in [0, 0.05) is 24.1 Å². The van der Waals surface area contributed by atoms with E-state index in [0.29, 0.717) is 37.6 Å². The van der Waals surface area contributed by atoms with Crippen LogP contribution < -0.4 is 10.1 Å². The van der Waals surface area contributed by atoms with Crippen molar-refractivity contribution in [1.82, 2.24) is 10.1 Å². The van der Waals surface area contributed by atoms with Crippen molar-refractivity contribution in [2.75, 3.05) is 11.9 Å². The zero-order valence-electron chi connectivity index (χ0n) is 15.6. The second-order valence-electron chi connectivity index (χ2n) is 6.24. The summed E-state index contributed by atoms with van der Waals surface area (Å²) in [5.74, 6) is 1.86. The number of rotatable bonds is 8. The van der Waals surface area contributed by atoms with E-state index >= 15 is 0 Å². The second kappa shape index (κ2) is 8.98. The van der Waals surface area contributed by atoms with E-state index in [1.807, 2.05) is 62.4 Å². The van der Waals surface area contributed by atoms with Crippen molar-refractivity contribution in [3.8, 4) is 17.1 Å². The minimum Gasteiger partial charge on any atom is -0.494 e. The van der Waals surface area contributed by atoms with E-state index in [-0.39, 0.29) is 5.91 Å². The summed E-state index contributed by atoms with van der Waals surface area (Å²) in [5.41, 5.74) is 2.85. The Bertz CT molecular complexity index is 870. The first-order chi connectivity index (χ1) is 13.1. The molecule has 1 amide bonds. The minimum atomic E-state index is -0.0440. The summed E-state index contributed by atoms with van der Waals surface area (Å²) in [5, 5.41) is 6.88. The van der Waals surface area contributed by atoms with Crippen LogP contribution in [-0.2, 0) is 11.2 Å². The van der Waals surface area contributed by atoms with Gasteiger partial charge in [-0.1, -0.05) is 35.0 Å². The van der Waals surface area contributed by atoms with E-state index in [9.17, 15) is 4.79 Å². The van der Waals surface area contributed by atoms with Crippen molar-refractivity contribution >= 4 is 11.6 Å². The molecule has 140 valence electrons. The lowest BCUT2D eigenvalue weighted by molar-refractivity contribution is -0.116. The molecule has 0 aliphatic rings. The fourth-order valence-electron chi connectivity index (χ4n) is 2.60. The molecule has 0 aliphatic carbocycles. The van der Waals surface area contributed by atoms with E-state index in [1.165, 1.54) is 5.56 Å². The Morgan fingerprint density at radius 2 is 1.85 bits per heavy atom. The molecule has 0 saturated heterocycles. The predicted octanol–water partition coefficient (Wildman–Crippen LogP) is 4.41. The Morgan fingerprint density at radius 1 is 1.11 bits per heavy atom. The number of amides is 1. The average molecular weight is 365 g/mol. The smallest absolute Gasteiger partial charge is 0.226 e. The highest BCUT2D eigenvalue weighted by atomic mass is 16.5. The molecule has 6 heteroatoms. The topological polar surface area (TPSA) is 77.2 Å². The van der Waals surface area contributed by atoms with E-state index in [2.05, 4.69) is 15.5 Å². The summed E-state index contributed by atoms with van der Waals surface area (Å²) in [6.07, 6.45) is 1.59. The molecule has 0 spiro atoms. The highest BCUT2D eigenvalue weighted by molar-refractivity contribution is 5.90. The first-order valence-electron chi connectivity index (χ1n) is 9.06. The molecule has 1 N–H and O–H groups in total. The maximum atomic E-state index is 12.1. The zero-order chi connectivity index (χ0) is 19.1. The lowest BCUT2D eigenvalue weighted by Crippen LogP contribution is -2.11. The van der Waals surface area contributed by atoms with Crippen molar-refractivity contribution in [2.24, 2.45) is 0 Å². The first-order valence-corrected chi connectivity index (χ1v) is 9.06. The van der Waals surface area contributed by atoms with Gasteiger partial charge in [-0.3, -0.25) is 4.79 Å². The third kappa shape index (κ3) is 5.41. The van der Waals surface area contributed by atoms with Gasteiger partial charge in [0.05, 0.1) is 6.61 Å². The first kappa shape index (κ1) is 18.6. The Labute approximate surface area is 158 Å². The Hall–Kier alpha value is -3.15. The summed E-state index contributed by atoms with van der Waals surface area (Å²) < 4.78 is 10.7. The summed E-state index contributed by atoms with van der Waals surface area (Å²) in [6, 6.07) is 15.3. The number of aromatic nitrogens is 2. The number of nitrogens with one attached hydrogen (secondary N) is 1. The molecule has 0 radical (unpaired) electrons. The molecular formula is C21H23N3O3. The van der Waals surface area contributed by atoms with Crippen LogP contribution in [-0.4, -0.2) is 22.7 Å². The summed E-state index contributed by atoms with van der Waals surface area (Å²) in [6.45, 7) is 4.58.